The highest BCUT2D eigenvalue weighted by atomic mass is 16.5. The lowest BCUT2D eigenvalue weighted by Gasteiger charge is -2.32. The molecule has 0 bridgehead atoms. The van der Waals surface area contributed by atoms with Crippen LogP contribution in [0, 0.1) is 0 Å². The number of hydrogen-bond donors (Lipinski definition) is 3. The molecule has 3 N–H and O–H groups in total. The maximum atomic E-state index is 9.68. The SMILES string of the molecule is CCCN1CCC(NC(=NCCc2ccc(O)c(OC)c2)NCC)CC1. The van der Waals surface area contributed by atoms with Crippen molar-refractivity contribution < 1.29 is 9.84 Å². The summed E-state index contributed by atoms with van der Waals surface area (Å²) in [6.07, 6.45) is 4.37. The van der Waals surface area contributed by atoms with Crippen LogP contribution in [0.3, 0.4) is 0 Å². The fourth-order valence-electron chi connectivity index (χ4n) is 3.30. The number of benzene rings is 1. The number of likely N-dealkylation sites (tertiary alicyclic amines) is 1. The first-order valence-corrected chi connectivity index (χ1v) is 9.79. The molecule has 1 saturated heterocycles. The van der Waals surface area contributed by atoms with Gasteiger partial charge in [0, 0.05) is 32.2 Å². The Balaban J connectivity index is 1.84. The molecule has 1 aromatic carbocycles. The summed E-state index contributed by atoms with van der Waals surface area (Å²) in [5.41, 5.74) is 1.10. The van der Waals surface area contributed by atoms with E-state index in [-0.39, 0.29) is 5.75 Å². The van der Waals surface area contributed by atoms with Crippen molar-refractivity contribution in [1.29, 1.82) is 0 Å². The van der Waals surface area contributed by atoms with Crippen LogP contribution in [0.15, 0.2) is 23.2 Å². The van der Waals surface area contributed by atoms with Gasteiger partial charge in [-0.15, -0.1) is 0 Å². The zero-order chi connectivity index (χ0) is 18.8. The van der Waals surface area contributed by atoms with Crippen LogP contribution in [0.25, 0.3) is 0 Å². The smallest absolute Gasteiger partial charge is 0.191 e. The van der Waals surface area contributed by atoms with Crippen molar-refractivity contribution in [1.82, 2.24) is 15.5 Å². The van der Waals surface area contributed by atoms with E-state index in [1.54, 1.807) is 13.2 Å². The highest BCUT2D eigenvalue weighted by Gasteiger charge is 2.19. The van der Waals surface area contributed by atoms with E-state index in [1.807, 2.05) is 12.1 Å². The molecule has 1 aliphatic rings. The Morgan fingerprint density at radius 1 is 1.31 bits per heavy atom. The third-order valence-corrected chi connectivity index (χ3v) is 4.73. The average Bonchev–Trinajstić information content (AvgIpc) is 2.65. The van der Waals surface area contributed by atoms with Crippen LogP contribution in [0.2, 0.25) is 0 Å². The first-order chi connectivity index (χ1) is 12.7. The molecule has 0 spiro atoms. The molecule has 1 heterocycles. The van der Waals surface area contributed by atoms with Gasteiger partial charge in [-0.3, -0.25) is 4.99 Å². The number of piperidine rings is 1. The Morgan fingerprint density at radius 2 is 2.08 bits per heavy atom. The van der Waals surface area contributed by atoms with Crippen LogP contribution in [-0.2, 0) is 6.42 Å². The van der Waals surface area contributed by atoms with Crippen molar-refractivity contribution >= 4 is 5.96 Å². The number of phenols is 1. The number of phenolic OH excluding ortho intramolecular Hbond substituents is 1. The lowest BCUT2D eigenvalue weighted by Crippen LogP contribution is -2.48. The van der Waals surface area contributed by atoms with Gasteiger partial charge >= 0.3 is 0 Å². The number of ether oxygens (including phenoxy) is 1. The Kier molecular flexibility index (Phi) is 8.54. The topological polar surface area (TPSA) is 69.1 Å². The standard InChI is InChI=1S/C20H34N4O2/c1-4-12-24-13-9-17(10-14-24)23-20(21-5-2)22-11-8-16-6-7-18(25)19(15-16)26-3/h6-7,15,17,25H,4-5,8-14H2,1-3H3,(H2,21,22,23). The predicted molar refractivity (Wildman–Crippen MR) is 107 cm³/mol. The molecular formula is C20H34N4O2. The van der Waals surface area contributed by atoms with E-state index in [0.29, 0.717) is 18.3 Å². The Hall–Kier alpha value is -1.95. The summed E-state index contributed by atoms with van der Waals surface area (Å²) in [6.45, 7) is 9.41. The summed E-state index contributed by atoms with van der Waals surface area (Å²) < 4.78 is 5.16. The molecule has 0 atom stereocenters. The van der Waals surface area contributed by atoms with E-state index >= 15 is 0 Å². The molecule has 6 nitrogen and oxygen atoms in total. The molecule has 0 amide bonds. The number of aromatic hydroxyl groups is 1. The number of aliphatic imine (C=N–C) groups is 1. The fourth-order valence-corrected chi connectivity index (χ4v) is 3.30. The van der Waals surface area contributed by atoms with Gasteiger partial charge in [0.15, 0.2) is 17.5 Å². The normalized spacial score (nSPS) is 16.5. The van der Waals surface area contributed by atoms with Crippen LogP contribution < -0.4 is 15.4 Å². The van der Waals surface area contributed by atoms with Crippen molar-refractivity contribution in [3.8, 4) is 11.5 Å². The Morgan fingerprint density at radius 3 is 2.73 bits per heavy atom. The first kappa shape index (κ1) is 20.4. The molecule has 2 rings (SSSR count). The number of nitrogens with zero attached hydrogens (tertiary/aromatic N) is 2. The highest BCUT2D eigenvalue weighted by Crippen LogP contribution is 2.26. The first-order valence-electron chi connectivity index (χ1n) is 9.79. The van der Waals surface area contributed by atoms with Crippen LogP contribution in [0.5, 0.6) is 11.5 Å². The monoisotopic (exact) mass is 362 g/mol. The average molecular weight is 363 g/mol. The summed E-state index contributed by atoms with van der Waals surface area (Å²) in [4.78, 5) is 7.26. The van der Waals surface area contributed by atoms with Crippen LogP contribution in [-0.4, -0.2) is 61.8 Å². The molecule has 26 heavy (non-hydrogen) atoms. The summed E-state index contributed by atoms with van der Waals surface area (Å²) >= 11 is 0. The molecule has 0 radical (unpaired) electrons. The predicted octanol–water partition coefficient (Wildman–Crippen LogP) is 2.37. The third-order valence-electron chi connectivity index (χ3n) is 4.73. The van der Waals surface area contributed by atoms with E-state index in [4.69, 9.17) is 9.73 Å². The van der Waals surface area contributed by atoms with Gasteiger partial charge < -0.3 is 25.4 Å². The van der Waals surface area contributed by atoms with Crippen molar-refractivity contribution in [2.45, 2.75) is 45.6 Å². The number of nitrogens with one attached hydrogen (secondary N) is 2. The Bertz CT molecular complexity index is 569. The van der Waals surface area contributed by atoms with Gasteiger partial charge in [-0.2, -0.15) is 0 Å². The van der Waals surface area contributed by atoms with Crippen LogP contribution in [0.1, 0.15) is 38.7 Å². The van der Waals surface area contributed by atoms with E-state index in [9.17, 15) is 5.11 Å². The third kappa shape index (κ3) is 6.41. The summed E-state index contributed by atoms with van der Waals surface area (Å²) in [6, 6.07) is 5.95. The lowest BCUT2D eigenvalue weighted by molar-refractivity contribution is 0.206. The van der Waals surface area contributed by atoms with E-state index < -0.39 is 0 Å². The van der Waals surface area contributed by atoms with Crippen LogP contribution >= 0.6 is 0 Å². The second-order valence-electron chi connectivity index (χ2n) is 6.78. The van der Waals surface area contributed by atoms with Gasteiger partial charge in [-0.25, -0.2) is 0 Å². The van der Waals surface area contributed by atoms with Gasteiger partial charge in [0.25, 0.3) is 0 Å². The van der Waals surface area contributed by atoms with Gasteiger partial charge in [0.05, 0.1) is 7.11 Å². The molecule has 1 fully saturated rings. The summed E-state index contributed by atoms with van der Waals surface area (Å²) in [7, 11) is 1.57. The molecule has 0 saturated carbocycles. The molecule has 0 unspecified atom stereocenters. The molecular weight excluding hydrogens is 328 g/mol. The summed E-state index contributed by atoms with van der Waals surface area (Å²) in [5.74, 6) is 1.58. The highest BCUT2D eigenvalue weighted by molar-refractivity contribution is 5.80. The van der Waals surface area contributed by atoms with Crippen molar-refractivity contribution in [3.63, 3.8) is 0 Å². The molecule has 1 aromatic rings. The van der Waals surface area contributed by atoms with E-state index in [2.05, 4.69) is 29.4 Å². The number of rotatable bonds is 8. The second kappa shape index (κ2) is 10.9. The maximum absolute atomic E-state index is 9.68. The fraction of sp³-hybridized carbons (Fsp3) is 0.650. The van der Waals surface area contributed by atoms with Crippen molar-refractivity contribution in [2.75, 3.05) is 39.8 Å². The minimum atomic E-state index is 0.171. The molecule has 0 aliphatic carbocycles. The zero-order valence-corrected chi connectivity index (χ0v) is 16.4. The van der Waals surface area contributed by atoms with E-state index in [1.165, 1.54) is 25.8 Å². The Labute approximate surface area is 157 Å². The molecule has 1 aliphatic heterocycles. The number of methoxy groups -OCH3 is 1. The minimum Gasteiger partial charge on any atom is -0.504 e. The van der Waals surface area contributed by atoms with Gasteiger partial charge in [-0.05, 0) is 56.8 Å². The zero-order valence-electron chi connectivity index (χ0n) is 16.4. The number of hydrogen-bond acceptors (Lipinski definition) is 4. The van der Waals surface area contributed by atoms with Gasteiger partial charge in [0.1, 0.15) is 0 Å². The summed E-state index contributed by atoms with van der Waals surface area (Å²) in [5, 5.41) is 16.6. The van der Waals surface area contributed by atoms with E-state index in [0.717, 1.165) is 37.6 Å². The second-order valence-corrected chi connectivity index (χ2v) is 6.78. The number of guanidine groups is 1. The lowest BCUT2D eigenvalue weighted by atomic mass is 10.1. The van der Waals surface area contributed by atoms with Gasteiger partial charge in [0.2, 0.25) is 0 Å². The van der Waals surface area contributed by atoms with Crippen molar-refractivity contribution in [3.05, 3.63) is 23.8 Å². The molecule has 6 heteroatoms. The van der Waals surface area contributed by atoms with Crippen molar-refractivity contribution in [2.24, 2.45) is 4.99 Å². The maximum Gasteiger partial charge on any atom is 0.191 e. The quantitative estimate of drug-likeness (QED) is 0.489. The van der Waals surface area contributed by atoms with Gasteiger partial charge in [-0.1, -0.05) is 13.0 Å². The minimum absolute atomic E-state index is 0.171. The molecule has 146 valence electrons. The largest absolute Gasteiger partial charge is 0.504 e. The van der Waals surface area contributed by atoms with Crippen LogP contribution in [0.4, 0.5) is 0 Å². The molecule has 0 aromatic heterocycles.